The van der Waals surface area contributed by atoms with Gasteiger partial charge in [-0.25, -0.2) is 0 Å². The van der Waals surface area contributed by atoms with Crippen molar-refractivity contribution >= 4 is 11.7 Å². The predicted octanol–water partition coefficient (Wildman–Crippen LogP) is 2.62. The summed E-state index contributed by atoms with van der Waals surface area (Å²) in [7, 11) is 0. The molecule has 116 valence electrons. The Balaban J connectivity index is 2.68. The van der Waals surface area contributed by atoms with Gasteiger partial charge in [0, 0.05) is 6.42 Å². The number of hydrogen-bond acceptors (Lipinski definition) is 3. The Morgan fingerprint density at radius 3 is 2.50 bits per heavy atom. The molecule has 0 radical (unpaired) electrons. The number of amidine groups is 1. The SMILES string of the molecule is CCC1CCC(NC(=O)CCC(C)C)(/C(N)=N/O)CC1. The Labute approximate surface area is 122 Å². The third kappa shape index (κ3) is 4.39. The van der Waals surface area contributed by atoms with Crippen molar-refractivity contribution in [2.24, 2.45) is 22.7 Å². The average Bonchev–Trinajstić information content (AvgIpc) is 2.45. The highest BCUT2D eigenvalue weighted by Gasteiger charge is 2.40. The average molecular weight is 283 g/mol. The van der Waals surface area contributed by atoms with Gasteiger partial charge in [-0.2, -0.15) is 0 Å². The molecule has 0 aliphatic heterocycles. The summed E-state index contributed by atoms with van der Waals surface area (Å²) in [5.41, 5.74) is 5.21. The van der Waals surface area contributed by atoms with Crippen LogP contribution in [0.2, 0.25) is 0 Å². The quantitative estimate of drug-likeness (QED) is 0.303. The van der Waals surface area contributed by atoms with E-state index in [2.05, 4.69) is 31.2 Å². The van der Waals surface area contributed by atoms with Gasteiger partial charge in [0.2, 0.25) is 5.91 Å². The molecule has 1 aliphatic rings. The summed E-state index contributed by atoms with van der Waals surface area (Å²) in [5.74, 6) is 1.32. The molecule has 4 N–H and O–H groups in total. The van der Waals surface area contributed by atoms with Crippen LogP contribution in [0, 0.1) is 11.8 Å². The van der Waals surface area contributed by atoms with Crippen LogP contribution in [0.1, 0.15) is 65.7 Å². The molecule has 0 spiro atoms. The van der Waals surface area contributed by atoms with Crippen LogP contribution in [0.15, 0.2) is 5.16 Å². The van der Waals surface area contributed by atoms with E-state index in [9.17, 15) is 4.79 Å². The third-order valence-electron chi connectivity index (χ3n) is 4.46. The van der Waals surface area contributed by atoms with Crippen molar-refractivity contribution in [2.45, 2.75) is 71.3 Å². The molecule has 0 aromatic carbocycles. The molecular formula is C15H29N3O2. The molecule has 5 nitrogen and oxygen atoms in total. The van der Waals surface area contributed by atoms with Gasteiger partial charge in [-0.1, -0.05) is 32.3 Å². The van der Waals surface area contributed by atoms with Crippen LogP contribution < -0.4 is 11.1 Å². The molecule has 1 rings (SSSR count). The topological polar surface area (TPSA) is 87.7 Å². The van der Waals surface area contributed by atoms with Gasteiger partial charge in [0.05, 0.1) is 0 Å². The van der Waals surface area contributed by atoms with Gasteiger partial charge in [0.25, 0.3) is 0 Å². The predicted molar refractivity (Wildman–Crippen MR) is 80.6 cm³/mol. The normalized spacial score (nSPS) is 27.6. The van der Waals surface area contributed by atoms with Crippen LogP contribution in [-0.2, 0) is 4.79 Å². The summed E-state index contributed by atoms with van der Waals surface area (Å²) >= 11 is 0. The number of hydrogen-bond donors (Lipinski definition) is 3. The van der Waals surface area contributed by atoms with Gasteiger partial charge < -0.3 is 16.3 Å². The van der Waals surface area contributed by atoms with E-state index in [1.54, 1.807) is 0 Å². The highest BCUT2D eigenvalue weighted by Crippen LogP contribution is 2.34. The number of rotatable bonds is 6. The van der Waals surface area contributed by atoms with Gasteiger partial charge in [-0.05, 0) is 43.9 Å². The second-order valence-electron chi connectivity index (χ2n) is 6.40. The molecule has 20 heavy (non-hydrogen) atoms. The molecule has 0 atom stereocenters. The van der Waals surface area contributed by atoms with Gasteiger partial charge in [-0.3, -0.25) is 4.79 Å². The van der Waals surface area contributed by atoms with Crippen LogP contribution in [0.25, 0.3) is 0 Å². The number of oxime groups is 1. The molecule has 1 amide bonds. The first-order valence-corrected chi connectivity index (χ1v) is 7.72. The molecule has 5 heteroatoms. The van der Waals surface area contributed by atoms with Crippen molar-refractivity contribution in [3.8, 4) is 0 Å². The molecule has 0 heterocycles. The van der Waals surface area contributed by atoms with E-state index in [-0.39, 0.29) is 11.7 Å². The van der Waals surface area contributed by atoms with E-state index in [1.165, 1.54) is 0 Å². The zero-order valence-electron chi connectivity index (χ0n) is 13.0. The van der Waals surface area contributed by atoms with Crippen LogP contribution in [0.4, 0.5) is 0 Å². The van der Waals surface area contributed by atoms with Crippen LogP contribution in [0.3, 0.4) is 0 Å². The molecule has 0 bridgehead atoms. The first-order valence-electron chi connectivity index (χ1n) is 7.72. The summed E-state index contributed by atoms with van der Waals surface area (Å²) in [6.07, 6.45) is 6.04. The smallest absolute Gasteiger partial charge is 0.220 e. The van der Waals surface area contributed by atoms with Gasteiger partial charge in [0.1, 0.15) is 5.54 Å². The molecule has 1 aliphatic carbocycles. The molecule has 1 fully saturated rings. The zero-order chi connectivity index (χ0) is 15.2. The minimum Gasteiger partial charge on any atom is -0.409 e. The lowest BCUT2D eigenvalue weighted by Crippen LogP contribution is -2.59. The lowest BCUT2D eigenvalue weighted by molar-refractivity contribution is -0.123. The molecule has 0 aromatic heterocycles. The fourth-order valence-electron chi connectivity index (χ4n) is 2.87. The maximum absolute atomic E-state index is 12.1. The highest BCUT2D eigenvalue weighted by molar-refractivity contribution is 5.94. The third-order valence-corrected chi connectivity index (χ3v) is 4.46. The van der Waals surface area contributed by atoms with Gasteiger partial charge >= 0.3 is 0 Å². The first-order chi connectivity index (χ1) is 9.43. The first kappa shape index (κ1) is 16.8. The van der Waals surface area contributed by atoms with Crippen molar-refractivity contribution in [1.29, 1.82) is 0 Å². The van der Waals surface area contributed by atoms with Crippen LogP contribution in [0.5, 0.6) is 0 Å². The van der Waals surface area contributed by atoms with Crippen molar-refractivity contribution in [2.75, 3.05) is 0 Å². The van der Waals surface area contributed by atoms with Crippen LogP contribution >= 0.6 is 0 Å². The van der Waals surface area contributed by atoms with Crippen molar-refractivity contribution < 1.29 is 10.0 Å². The van der Waals surface area contributed by atoms with E-state index < -0.39 is 5.54 Å². The van der Waals surface area contributed by atoms with Crippen molar-refractivity contribution in [3.05, 3.63) is 0 Å². The van der Waals surface area contributed by atoms with E-state index >= 15 is 0 Å². The number of nitrogens with two attached hydrogens (primary N) is 1. The Bertz CT molecular complexity index is 345. The Hall–Kier alpha value is -1.26. The van der Waals surface area contributed by atoms with E-state index in [0.717, 1.165) is 38.5 Å². The zero-order valence-corrected chi connectivity index (χ0v) is 13.0. The largest absolute Gasteiger partial charge is 0.409 e. The fraction of sp³-hybridized carbons (Fsp3) is 0.867. The number of carbonyl (C=O) groups excluding carboxylic acids is 1. The lowest BCUT2D eigenvalue weighted by atomic mass is 9.74. The van der Waals surface area contributed by atoms with Gasteiger partial charge in [-0.15, -0.1) is 0 Å². The summed E-state index contributed by atoms with van der Waals surface area (Å²) in [6.45, 7) is 6.38. The Morgan fingerprint density at radius 2 is 2.05 bits per heavy atom. The molecule has 0 unspecified atom stereocenters. The summed E-state index contributed by atoms with van der Waals surface area (Å²) in [5, 5.41) is 15.2. The summed E-state index contributed by atoms with van der Waals surface area (Å²) in [4.78, 5) is 12.1. The molecular weight excluding hydrogens is 254 g/mol. The minimum atomic E-state index is -0.644. The minimum absolute atomic E-state index is 0.000230. The Kier molecular flexibility index (Phi) is 6.30. The van der Waals surface area contributed by atoms with Gasteiger partial charge in [0.15, 0.2) is 5.84 Å². The van der Waals surface area contributed by atoms with E-state index in [4.69, 9.17) is 10.9 Å². The van der Waals surface area contributed by atoms with Crippen molar-refractivity contribution in [1.82, 2.24) is 5.32 Å². The summed E-state index contributed by atoms with van der Waals surface area (Å²) in [6, 6.07) is 0. The fourth-order valence-corrected chi connectivity index (χ4v) is 2.87. The standard InChI is InChI=1S/C15H29N3O2/c1-4-12-7-9-15(10-8-12,14(16)18-20)17-13(19)6-5-11(2)3/h11-12,20H,4-10H2,1-3H3,(H2,16,18)(H,17,19). The van der Waals surface area contributed by atoms with Crippen molar-refractivity contribution in [3.63, 3.8) is 0 Å². The van der Waals surface area contributed by atoms with Crippen LogP contribution in [-0.4, -0.2) is 22.5 Å². The maximum Gasteiger partial charge on any atom is 0.220 e. The lowest BCUT2D eigenvalue weighted by Gasteiger charge is -2.39. The monoisotopic (exact) mass is 283 g/mol. The number of nitrogens with one attached hydrogen (secondary N) is 1. The summed E-state index contributed by atoms with van der Waals surface area (Å²) < 4.78 is 0. The molecule has 0 aromatic rings. The molecule has 1 saturated carbocycles. The maximum atomic E-state index is 12.1. The van der Waals surface area contributed by atoms with E-state index in [0.29, 0.717) is 18.3 Å². The highest BCUT2D eigenvalue weighted by atomic mass is 16.4. The second-order valence-corrected chi connectivity index (χ2v) is 6.40. The number of carbonyl (C=O) groups is 1. The van der Waals surface area contributed by atoms with E-state index in [1.807, 2.05) is 0 Å². The number of nitrogens with zero attached hydrogens (tertiary/aromatic N) is 1. The second kappa shape index (κ2) is 7.50. The number of amides is 1. The molecule has 0 saturated heterocycles. The Morgan fingerprint density at radius 1 is 1.45 bits per heavy atom.